The first kappa shape index (κ1) is 27.5. The molecule has 2 aromatic carbocycles. The van der Waals surface area contributed by atoms with Crippen LogP contribution in [0.2, 0.25) is 0 Å². The third kappa shape index (κ3) is 6.88. The third-order valence-electron chi connectivity index (χ3n) is 6.72. The van der Waals surface area contributed by atoms with Crippen molar-refractivity contribution in [2.24, 2.45) is 0 Å². The van der Waals surface area contributed by atoms with E-state index >= 15 is 0 Å². The quantitative estimate of drug-likeness (QED) is 0.437. The van der Waals surface area contributed by atoms with Crippen LogP contribution in [0.4, 0.5) is 0 Å². The van der Waals surface area contributed by atoms with E-state index in [4.69, 9.17) is 13.9 Å². The van der Waals surface area contributed by atoms with Crippen molar-refractivity contribution < 1.29 is 18.7 Å². The second-order valence-corrected chi connectivity index (χ2v) is 9.77. The van der Waals surface area contributed by atoms with Crippen LogP contribution in [0, 0.1) is 11.3 Å². The largest absolute Gasteiger partial charge is 0.419 e. The molecule has 0 saturated carbocycles. The van der Waals surface area contributed by atoms with Crippen molar-refractivity contribution in [3.8, 4) is 17.2 Å². The fourth-order valence-electron chi connectivity index (χ4n) is 4.43. The lowest BCUT2D eigenvalue weighted by Gasteiger charge is -2.25. The van der Waals surface area contributed by atoms with Crippen molar-refractivity contribution in [2.75, 3.05) is 47.4 Å². The molecule has 0 radical (unpaired) electrons. The number of nitriles is 1. The summed E-state index contributed by atoms with van der Waals surface area (Å²) in [5.74, 6) is -0.677. The molecule has 202 valence electrons. The molecule has 1 aromatic heterocycles. The Bertz CT molecular complexity index is 1320. The molecule has 0 spiro atoms. The molecule has 10 heteroatoms. The molecule has 38 heavy (non-hydrogen) atoms. The molecule has 2 heterocycles. The zero-order valence-electron chi connectivity index (χ0n) is 22.1. The molecule has 0 aliphatic carbocycles. The van der Waals surface area contributed by atoms with Gasteiger partial charge in [-0.25, -0.2) is 4.79 Å². The SMILES string of the molecule is COC1CCNCC(C(=O)NC(C#N)Cc2ccc(-c3ccc4oc(=O)n(CCN(C)C)c4c3)cc2)OC1. The zero-order valence-corrected chi connectivity index (χ0v) is 22.1. The monoisotopic (exact) mass is 521 g/mol. The van der Waals surface area contributed by atoms with E-state index in [9.17, 15) is 14.9 Å². The van der Waals surface area contributed by atoms with Gasteiger partial charge in [0.25, 0.3) is 5.91 Å². The van der Waals surface area contributed by atoms with Gasteiger partial charge in [-0.15, -0.1) is 0 Å². The van der Waals surface area contributed by atoms with Gasteiger partial charge < -0.3 is 29.4 Å². The van der Waals surface area contributed by atoms with Crippen LogP contribution in [0.3, 0.4) is 0 Å². The molecule has 1 amide bonds. The number of hydrogen-bond acceptors (Lipinski definition) is 8. The van der Waals surface area contributed by atoms with Gasteiger partial charge in [0.2, 0.25) is 0 Å². The van der Waals surface area contributed by atoms with Crippen molar-refractivity contribution >= 4 is 17.0 Å². The number of oxazole rings is 1. The van der Waals surface area contributed by atoms with Gasteiger partial charge in [-0.3, -0.25) is 9.36 Å². The van der Waals surface area contributed by atoms with E-state index in [1.165, 1.54) is 0 Å². The predicted molar refractivity (Wildman–Crippen MR) is 144 cm³/mol. The summed E-state index contributed by atoms with van der Waals surface area (Å²) in [6, 6.07) is 15.0. The van der Waals surface area contributed by atoms with E-state index in [-0.39, 0.29) is 17.8 Å². The highest BCUT2D eigenvalue weighted by molar-refractivity contribution is 5.82. The standard InChI is InChI=1S/C28H35N5O5/c1-32(2)12-13-33-24-15-21(8-9-25(24)38-28(33)35)20-6-4-19(5-7-20)14-22(16-29)31-27(34)26-17-30-11-10-23(36-3)18-37-26/h4-9,15,22-23,26,30H,10-14,17-18H2,1-3H3,(H,31,34). The van der Waals surface area contributed by atoms with Crippen LogP contribution in [-0.4, -0.2) is 81.1 Å². The fourth-order valence-corrected chi connectivity index (χ4v) is 4.43. The molecule has 0 bridgehead atoms. The minimum atomic E-state index is -0.686. The molecule has 3 atom stereocenters. The zero-order chi connectivity index (χ0) is 27.1. The van der Waals surface area contributed by atoms with E-state index in [2.05, 4.69) is 16.7 Å². The molecule has 2 N–H and O–H groups in total. The van der Waals surface area contributed by atoms with Crippen LogP contribution in [-0.2, 0) is 27.2 Å². The number of nitrogens with one attached hydrogen (secondary N) is 2. The smallest absolute Gasteiger partial charge is 0.408 e. The Kier molecular flexibility index (Phi) is 9.31. The van der Waals surface area contributed by atoms with Crippen LogP contribution < -0.4 is 16.4 Å². The molecule has 10 nitrogen and oxygen atoms in total. The van der Waals surface area contributed by atoms with Gasteiger partial charge in [0, 0.05) is 33.2 Å². The Morgan fingerprint density at radius 3 is 2.74 bits per heavy atom. The molecule has 4 rings (SSSR count). The highest BCUT2D eigenvalue weighted by Crippen LogP contribution is 2.25. The van der Waals surface area contributed by atoms with Crippen LogP contribution in [0.25, 0.3) is 22.2 Å². The highest BCUT2D eigenvalue weighted by Gasteiger charge is 2.25. The molecule has 3 aromatic rings. The van der Waals surface area contributed by atoms with Crippen molar-refractivity contribution in [3.63, 3.8) is 0 Å². The first-order valence-electron chi connectivity index (χ1n) is 12.8. The van der Waals surface area contributed by atoms with E-state index in [0.29, 0.717) is 31.7 Å². The van der Waals surface area contributed by atoms with Gasteiger partial charge in [0.15, 0.2) is 5.58 Å². The lowest BCUT2D eigenvalue weighted by atomic mass is 10.0. The summed E-state index contributed by atoms with van der Waals surface area (Å²) in [7, 11) is 5.55. The minimum Gasteiger partial charge on any atom is -0.408 e. The summed E-state index contributed by atoms with van der Waals surface area (Å²) in [5, 5.41) is 15.7. The number of fused-ring (bicyclic) bond motifs is 1. The van der Waals surface area contributed by atoms with Gasteiger partial charge in [0.1, 0.15) is 12.1 Å². The van der Waals surface area contributed by atoms with E-state index in [1.807, 2.05) is 61.5 Å². The number of rotatable bonds is 9. The Balaban J connectivity index is 1.41. The Hall–Kier alpha value is -3.49. The molecular formula is C28H35N5O5. The second-order valence-electron chi connectivity index (χ2n) is 9.77. The van der Waals surface area contributed by atoms with E-state index in [0.717, 1.165) is 41.7 Å². The van der Waals surface area contributed by atoms with Crippen molar-refractivity contribution in [1.29, 1.82) is 5.26 Å². The van der Waals surface area contributed by atoms with Crippen LogP contribution in [0.5, 0.6) is 0 Å². The van der Waals surface area contributed by atoms with Crippen molar-refractivity contribution in [3.05, 3.63) is 58.6 Å². The van der Waals surface area contributed by atoms with E-state index < -0.39 is 12.1 Å². The Morgan fingerprint density at radius 1 is 1.26 bits per heavy atom. The van der Waals surface area contributed by atoms with Gasteiger partial charge in [-0.1, -0.05) is 30.3 Å². The Morgan fingerprint density at radius 2 is 2.03 bits per heavy atom. The molecule has 1 aliphatic heterocycles. The second kappa shape index (κ2) is 12.8. The Labute approximate surface area is 222 Å². The highest BCUT2D eigenvalue weighted by atomic mass is 16.5. The van der Waals surface area contributed by atoms with Crippen LogP contribution in [0.15, 0.2) is 51.7 Å². The maximum atomic E-state index is 12.8. The van der Waals surface area contributed by atoms with Crippen molar-refractivity contribution in [1.82, 2.24) is 20.1 Å². The topological polar surface area (TPSA) is 122 Å². The number of benzene rings is 2. The lowest BCUT2D eigenvalue weighted by molar-refractivity contribution is -0.136. The van der Waals surface area contributed by atoms with Crippen molar-refractivity contribution in [2.45, 2.75) is 37.6 Å². The number of carbonyl (C=O) groups excluding carboxylic acids is 1. The number of carbonyl (C=O) groups is 1. The first-order chi connectivity index (χ1) is 18.4. The fraction of sp³-hybridized carbons (Fsp3) is 0.464. The minimum absolute atomic E-state index is 0.0665. The summed E-state index contributed by atoms with van der Waals surface area (Å²) in [4.78, 5) is 27.1. The summed E-state index contributed by atoms with van der Waals surface area (Å²) in [6.45, 7) is 2.73. The molecule has 1 saturated heterocycles. The molecule has 1 fully saturated rings. The van der Waals surface area contributed by atoms with Crippen LogP contribution >= 0.6 is 0 Å². The third-order valence-corrected chi connectivity index (χ3v) is 6.72. The maximum Gasteiger partial charge on any atom is 0.419 e. The number of nitrogens with zero attached hydrogens (tertiary/aromatic N) is 3. The average Bonchev–Trinajstić information content (AvgIpc) is 3.21. The summed E-state index contributed by atoms with van der Waals surface area (Å²) < 4.78 is 18.1. The number of likely N-dealkylation sites (N-methyl/N-ethyl adjacent to an activating group) is 1. The van der Waals surface area contributed by atoms with Gasteiger partial charge >= 0.3 is 5.76 Å². The number of methoxy groups -OCH3 is 1. The predicted octanol–water partition coefficient (Wildman–Crippen LogP) is 1.77. The number of aromatic nitrogens is 1. The summed E-state index contributed by atoms with van der Waals surface area (Å²) in [6.07, 6.45) is 0.435. The maximum absolute atomic E-state index is 12.8. The average molecular weight is 522 g/mol. The number of amides is 1. The first-order valence-corrected chi connectivity index (χ1v) is 12.8. The van der Waals surface area contributed by atoms with E-state index in [1.54, 1.807) is 11.7 Å². The van der Waals surface area contributed by atoms with Crippen LogP contribution in [0.1, 0.15) is 12.0 Å². The van der Waals surface area contributed by atoms with Gasteiger partial charge in [0.05, 0.1) is 24.3 Å². The van der Waals surface area contributed by atoms with Gasteiger partial charge in [-0.2, -0.15) is 5.26 Å². The summed E-state index contributed by atoms with van der Waals surface area (Å²) >= 11 is 0. The molecule has 1 aliphatic rings. The molecule has 3 unspecified atom stereocenters. The van der Waals surface area contributed by atoms with Gasteiger partial charge in [-0.05, 0) is 55.9 Å². The number of ether oxygens (including phenoxy) is 2. The normalized spacial score (nSPS) is 19.0. The molecular weight excluding hydrogens is 486 g/mol. The summed E-state index contributed by atoms with van der Waals surface area (Å²) in [5.41, 5.74) is 4.17. The number of hydrogen-bond donors (Lipinski definition) is 2. The lowest BCUT2D eigenvalue weighted by Crippen LogP contribution is -2.49.